The van der Waals surface area contributed by atoms with Crippen LogP contribution in [-0.2, 0) is 9.53 Å². The van der Waals surface area contributed by atoms with E-state index in [4.69, 9.17) is 4.74 Å². The molecule has 1 N–H and O–H groups in total. The van der Waals surface area contributed by atoms with Gasteiger partial charge in [0.1, 0.15) is 5.92 Å². The Balaban J connectivity index is 2.29. The lowest BCUT2D eigenvalue weighted by atomic mass is 9.94. The molecule has 2 unspecified atom stereocenters. The first-order valence-corrected chi connectivity index (χ1v) is 8.25. The van der Waals surface area contributed by atoms with Crippen molar-refractivity contribution >= 4 is 28.0 Å². The van der Waals surface area contributed by atoms with Gasteiger partial charge in [-0.3, -0.25) is 4.79 Å². The zero-order valence-electron chi connectivity index (χ0n) is 12.9. The summed E-state index contributed by atoms with van der Waals surface area (Å²) >= 11 is 3.41. The van der Waals surface area contributed by atoms with Gasteiger partial charge in [0.2, 0.25) is 0 Å². The monoisotopic (exact) mass is 374 g/mol. The number of benzene rings is 2. The lowest BCUT2D eigenvalue weighted by molar-refractivity contribution is -0.149. The van der Waals surface area contributed by atoms with Gasteiger partial charge in [0, 0.05) is 4.47 Å². The van der Waals surface area contributed by atoms with Crippen LogP contribution in [0.15, 0.2) is 65.1 Å². The second-order valence-corrected chi connectivity index (χ2v) is 5.87. The molecule has 0 spiro atoms. The molecule has 0 saturated heterocycles. The molecule has 0 bridgehead atoms. The van der Waals surface area contributed by atoms with Gasteiger partial charge >= 0.3 is 5.97 Å². The Bertz CT molecular complexity index is 667. The standard InChI is InChI=1S/C19H19BrO3/c1-2-23-19(22)16(13-12-14-8-4-3-5-9-14)18(21)15-10-6-7-11-17(15)20/h3-13,16,18,21H,2H2,1H3/b13-12+. The Morgan fingerprint density at radius 3 is 2.48 bits per heavy atom. The largest absolute Gasteiger partial charge is 0.465 e. The molecule has 2 aromatic rings. The molecule has 2 atom stereocenters. The topological polar surface area (TPSA) is 46.5 Å². The minimum Gasteiger partial charge on any atom is -0.465 e. The van der Waals surface area contributed by atoms with Crippen LogP contribution in [0.1, 0.15) is 24.2 Å². The van der Waals surface area contributed by atoms with E-state index in [2.05, 4.69) is 15.9 Å². The Hall–Kier alpha value is -1.91. The number of carbonyl (C=O) groups is 1. The maximum atomic E-state index is 12.2. The second kappa shape index (κ2) is 8.65. The van der Waals surface area contributed by atoms with Crippen molar-refractivity contribution in [1.29, 1.82) is 0 Å². The third kappa shape index (κ3) is 4.78. The van der Waals surface area contributed by atoms with Crippen molar-refractivity contribution in [1.82, 2.24) is 0 Å². The third-order valence-electron chi connectivity index (χ3n) is 3.42. The van der Waals surface area contributed by atoms with Crippen LogP contribution in [0.2, 0.25) is 0 Å². The number of halogens is 1. The average Bonchev–Trinajstić information content (AvgIpc) is 2.56. The summed E-state index contributed by atoms with van der Waals surface area (Å²) in [5, 5.41) is 10.7. The molecular formula is C19H19BrO3. The molecule has 3 nitrogen and oxygen atoms in total. The highest BCUT2D eigenvalue weighted by atomic mass is 79.9. The van der Waals surface area contributed by atoms with E-state index in [0.717, 1.165) is 10.0 Å². The molecule has 23 heavy (non-hydrogen) atoms. The van der Waals surface area contributed by atoms with Crippen LogP contribution in [0.25, 0.3) is 6.08 Å². The second-order valence-electron chi connectivity index (χ2n) is 5.01. The van der Waals surface area contributed by atoms with E-state index in [9.17, 15) is 9.90 Å². The number of aliphatic hydroxyl groups excluding tert-OH is 1. The Morgan fingerprint density at radius 1 is 1.17 bits per heavy atom. The summed E-state index contributed by atoms with van der Waals surface area (Å²) in [5.41, 5.74) is 1.62. The van der Waals surface area contributed by atoms with Gasteiger partial charge in [-0.05, 0) is 24.1 Å². The molecule has 0 heterocycles. The van der Waals surface area contributed by atoms with Crippen molar-refractivity contribution in [2.45, 2.75) is 13.0 Å². The molecule has 0 aliphatic carbocycles. The number of hydrogen-bond acceptors (Lipinski definition) is 3. The molecule has 0 radical (unpaired) electrons. The maximum Gasteiger partial charge on any atom is 0.315 e. The number of aliphatic hydroxyl groups is 1. The van der Waals surface area contributed by atoms with E-state index >= 15 is 0 Å². The fraction of sp³-hybridized carbons (Fsp3) is 0.211. The van der Waals surface area contributed by atoms with Crippen LogP contribution < -0.4 is 0 Å². The lowest BCUT2D eigenvalue weighted by Gasteiger charge is -2.20. The fourth-order valence-corrected chi connectivity index (χ4v) is 2.76. The van der Waals surface area contributed by atoms with Crippen LogP contribution in [0.4, 0.5) is 0 Å². The van der Waals surface area contributed by atoms with Gasteiger partial charge in [0.05, 0.1) is 12.7 Å². The molecule has 2 aromatic carbocycles. The van der Waals surface area contributed by atoms with Crippen molar-refractivity contribution in [2.75, 3.05) is 6.61 Å². The third-order valence-corrected chi connectivity index (χ3v) is 4.14. The first-order chi connectivity index (χ1) is 11.1. The summed E-state index contributed by atoms with van der Waals surface area (Å²) in [4.78, 5) is 12.2. The normalized spacial score (nSPS) is 13.7. The molecule has 0 aromatic heterocycles. The van der Waals surface area contributed by atoms with E-state index in [-0.39, 0.29) is 6.61 Å². The predicted molar refractivity (Wildman–Crippen MR) is 94.7 cm³/mol. The van der Waals surface area contributed by atoms with E-state index in [1.54, 1.807) is 19.1 Å². The summed E-state index contributed by atoms with van der Waals surface area (Å²) in [6.07, 6.45) is 2.53. The van der Waals surface area contributed by atoms with Crippen LogP contribution in [-0.4, -0.2) is 17.7 Å². The summed E-state index contributed by atoms with van der Waals surface area (Å²) in [5.74, 6) is -1.21. The summed E-state index contributed by atoms with van der Waals surface area (Å²) in [6, 6.07) is 16.9. The smallest absolute Gasteiger partial charge is 0.315 e. The molecule has 120 valence electrons. The molecule has 4 heteroatoms. The van der Waals surface area contributed by atoms with E-state index in [1.165, 1.54) is 0 Å². The number of rotatable bonds is 6. The zero-order chi connectivity index (χ0) is 16.7. The van der Waals surface area contributed by atoms with Crippen molar-refractivity contribution in [3.05, 3.63) is 76.3 Å². The van der Waals surface area contributed by atoms with Crippen LogP contribution in [0.3, 0.4) is 0 Å². The molecule has 0 aliphatic rings. The Labute approximate surface area is 144 Å². The van der Waals surface area contributed by atoms with Gasteiger partial charge in [-0.1, -0.05) is 76.6 Å². The summed E-state index contributed by atoms with van der Waals surface area (Å²) in [7, 11) is 0. The number of hydrogen-bond donors (Lipinski definition) is 1. The van der Waals surface area contributed by atoms with Crippen LogP contribution >= 0.6 is 15.9 Å². The SMILES string of the molecule is CCOC(=O)C(/C=C/c1ccccc1)C(O)c1ccccc1Br. The van der Waals surface area contributed by atoms with Crippen molar-refractivity contribution in [3.63, 3.8) is 0 Å². The zero-order valence-corrected chi connectivity index (χ0v) is 14.4. The molecule has 0 amide bonds. The minimum atomic E-state index is -0.982. The quantitative estimate of drug-likeness (QED) is 0.763. The van der Waals surface area contributed by atoms with E-state index in [0.29, 0.717) is 5.56 Å². The van der Waals surface area contributed by atoms with Crippen LogP contribution in [0, 0.1) is 5.92 Å². The molecular weight excluding hydrogens is 356 g/mol. The van der Waals surface area contributed by atoms with Crippen molar-refractivity contribution in [3.8, 4) is 0 Å². The van der Waals surface area contributed by atoms with Gasteiger partial charge in [-0.15, -0.1) is 0 Å². The molecule has 2 rings (SSSR count). The van der Waals surface area contributed by atoms with Gasteiger partial charge in [0.15, 0.2) is 0 Å². The first kappa shape index (κ1) is 17.4. The highest BCUT2D eigenvalue weighted by Crippen LogP contribution is 2.30. The Kier molecular flexibility index (Phi) is 6.56. The molecule has 0 saturated carbocycles. The minimum absolute atomic E-state index is 0.275. The maximum absolute atomic E-state index is 12.2. The van der Waals surface area contributed by atoms with E-state index in [1.807, 2.05) is 54.6 Å². The average molecular weight is 375 g/mol. The van der Waals surface area contributed by atoms with Crippen molar-refractivity contribution in [2.24, 2.45) is 5.92 Å². The number of carbonyl (C=O) groups excluding carboxylic acids is 1. The predicted octanol–water partition coefficient (Wildman–Crippen LogP) is 4.38. The van der Waals surface area contributed by atoms with Gasteiger partial charge in [0.25, 0.3) is 0 Å². The van der Waals surface area contributed by atoms with Gasteiger partial charge in [-0.2, -0.15) is 0 Å². The first-order valence-electron chi connectivity index (χ1n) is 7.46. The fourth-order valence-electron chi connectivity index (χ4n) is 2.24. The van der Waals surface area contributed by atoms with Gasteiger partial charge in [-0.25, -0.2) is 0 Å². The molecule has 0 aliphatic heterocycles. The van der Waals surface area contributed by atoms with Crippen molar-refractivity contribution < 1.29 is 14.6 Å². The lowest BCUT2D eigenvalue weighted by Crippen LogP contribution is -2.23. The van der Waals surface area contributed by atoms with Crippen LogP contribution in [0.5, 0.6) is 0 Å². The number of ether oxygens (including phenoxy) is 1. The Morgan fingerprint density at radius 2 is 1.83 bits per heavy atom. The highest BCUT2D eigenvalue weighted by Gasteiger charge is 2.28. The summed E-state index contributed by atoms with van der Waals surface area (Å²) in [6.45, 7) is 2.03. The van der Waals surface area contributed by atoms with E-state index < -0.39 is 18.0 Å². The number of esters is 1. The molecule has 0 fully saturated rings. The highest BCUT2D eigenvalue weighted by molar-refractivity contribution is 9.10. The van der Waals surface area contributed by atoms with Gasteiger partial charge < -0.3 is 9.84 Å². The summed E-state index contributed by atoms with van der Waals surface area (Å²) < 4.78 is 5.87.